The SMILES string of the molecule is O[C@@H]1CCc2c(cc3ccc4cccc5ccc2c3c45)[C@H]1Cl. The Kier molecular flexibility index (Phi) is 2.51. The van der Waals surface area contributed by atoms with Crippen LogP contribution in [0.5, 0.6) is 0 Å². The number of aliphatic hydroxyl groups excluding tert-OH is 1. The third-order valence-electron chi connectivity index (χ3n) is 5.12. The van der Waals surface area contributed by atoms with Crippen molar-refractivity contribution in [1.82, 2.24) is 0 Å². The molecule has 4 aromatic rings. The van der Waals surface area contributed by atoms with Gasteiger partial charge in [0.2, 0.25) is 0 Å². The minimum absolute atomic E-state index is 0.300. The molecule has 0 radical (unpaired) electrons. The second-order valence-electron chi connectivity index (χ2n) is 6.31. The van der Waals surface area contributed by atoms with Crippen molar-refractivity contribution in [3.05, 3.63) is 59.7 Å². The van der Waals surface area contributed by atoms with E-state index in [1.807, 2.05) is 0 Å². The maximum Gasteiger partial charge on any atom is 0.0847 e. The van der Waals surface area contributed by atoms with Crippen LogP contribution >= 0.6 is 11.6 Å². The summed E-state index contributed by atoms with van der Waals surface area (Å²) >= 11 is 6.49. The maximum absolute atomic E-state index is 10.1. The van der Waals surface area contributed by atoms with Crippen molar-refractivity contribution in [3.8, 4) is 0 Å². The van der Waals surface area contributed by atoms with Gasteiger partial charge in [0.25, 0.3) is 0 Å². The molecule has 0 spiro atoms. The number of hydrogen-bond donors (Lipinski definition) is 1. The van der Waals surface area contributed by atoms with E-state index in [0.717, 1.165) is 18.4 Å². The maximum atomic E-state index is 10.1. The lowest BCUT2D eigenvalue weighted by Crippen LogP contribution is -2.21. The lowest BCUT2D eigenvalue weighted by molar-refractivity contribution is 0.153. The Balaban J connectivity index is 2.01. The van der Waals surface area contributed by atoms with Crippen molar-refractivity contribution in [3.63, 3.8) is 0 Å². The molecule has 22 heavy (non-hydrogen) atoms. The van der Waals surface area contributed by atoms with Crippen LogP contribution in [0.25, 0.3) is 32.3 Å². The first-order valence-electron chi connectivity index (χ1n) is 7.75. The molecule has 1 aliphatic rings. The fraction of sp³-hybridized carbons (Fsp3) is 0.200. The van der Waals surface area contributed by atoms with Gasteiger partial charge in [-0.05, 0) is 62.4 Å². The molecule has 1 nitrogen and oxygen atoms in total. The van der Waals surface area contributed by atoms with E-state index in [0.29, 0.717) is 0 Å². The van der Waals surface area contributed by atoms with E-state index < -0.39 is 6.10 Å². The molecule has 0 saturated carbocycles. The Morgan fingerprint density at radius 1 is 0.909 bits per heavy atom. The van der Waals surface area contributed by atoms with Crippen LogP contribution in [0.4, 0.5) is 0 Å². The monoisotopic (exact) mass is 306 g/mol. The van der Waals surface area contributed by atoms with Crippen molar-refractivity contribution in [1.29, 1.82) is 0 Å². The summed E-state index contributed by atoms with van der Waals surface area (Å²) in [4.78, 5) is 0. The Morgan fingerprint density at radius 2 is 1.64 bits per heavy atom. The highest BCUT2D eigenvalue weighted by molar-refractivity contribution is 6.25. The van der Waals surface area contributed by atoms with Gasteiger partial charge in [-0.15, -0.1) is 11.6 Å². The highest BCUT2D eigenvalue weighted by atomic mass is 35.5. The van der Waals surface area contributed by atoms with E-state index in [-0.39, 0.29) is 5.38 Å². The molecule has 2 heteroatoms. The van der Waals surface area contributed by atoms with Crippen LogP contribution in [0.1, 0.15) is 22.9 Å². The molecule has 0 unspecified atom stereocenters. The minimum atomic E-state index is -0.442. The molecule has 1 aliphatic carbocycles. The van der Waals surface area contributed by atoms with E-state index >= 15 is 0 Å². The third-order valence-corrected chi connectivity index (χ3v) is 5.64. The smallest absolute Gasteiger partial charge is 0.0847 e. The summed E-state index contributed by atoms with van der Waals surface area (Å²) in [6.07, 6.45) is 1.20. The Morgan fingerprint density at radius 3 is 2.45 bits per heavy atom. The molecule has 2 atom stereocenters. The molecule has 0 saturated heterocycles. The zero-order valence-corrected chi connectivity index (χ0v) is 12.8. The average molecular weight is 307 g/mol. The molecule has 0 aromatic heterocycles. The molecule has 0 heterocycles. The first-order valence-corrected chi connectivity index (χ1v) is 8.19. The van der Waals surface area contributed by atoms with Crippen LogP contribution in [-0.2, 0) is 6.42 Å². The van der Waals surface area contributed by atoms with E-state index in [1.165, 1.54) is 37.9 Å². The molecule has 1 N–H and O–H groups in total. The first-order chi connectivity index (χ1) is 10.7. The van der Waals surface area contributed by atoms with Gasteiger partial charge in [0, 0.05) is 0 Å². The van der Waals surface area contributed by atoms with Crippen molar-refractivity contribution >= 4 is 43.9 Å². The van der Waals surface area contributed by atoms with Crippen LogP contribution in [0.3, 0.4) is 0 Å². The van der Waals surface area contributed by atoms with Crippen LogP contribution in [0.15, 0.2) is 48.5 Å². The van der Waals surface area contributed by atoms with Crippen LogP contribution in [0, 0.1) is 0 Å². The summed E-state index contributed by atoms with van der Waals surface area (Å²) in [5.41, 5.74) is 2.42. The highest BCUT2D eigenvalue weighted by Crippen LogP contribution is 2.43. The zero-order valence-electron chi connectivity index (χ0n) is 12.0. The van der Waals surface area contributed by atoms with Crippen molar-refractivity contribution in [2.24, 2.45) is 0 Å². The molecule has 0 bridgehead atoms. The van der Waals surface area contributed by atoms with Crippen molar-refractivity contribution in [2.45, 2.75) is 24.3 Å². The number of hydrogen-bond acceptors (Lipinski definition) is 1. The van der Waals surface area contributed by atoms with Gasteiger partial charge < -0.3 is 5.11 Å². The quantitative estimate of drug-likeness (QED) is 0.351. The van der Waals surface area contributed by atoms with E-state index in [1.54, 1.807) is 0 Å². The van der Waals surface area contributed by atoms with Crippen LogP contribution in [0.2, 0.25) is 0 Å². The molecule has 0 amide bonds. The number of benzene rings is 4. The fourth-order valence-electron chi connectivity index (χ4n) is 4.06. The fourth-order valence-corrected chi connectivity index (χ4v) is 4.38. The predicted octanol–water partition coefficient (Wildman–Crippen LogP) is 5.17. The third kappa shape index (κ3) is 1.53. The van der Waals surface area contributed by atoms with Crippen molar-refractivity contribution in [2.75, 3.05) is 0 Å². The van der Waals surface area contributed by atoms with Crippen LogP contribution in [-0.4, -0.2) is 11.2 Å². The Hall–Kier alpha value is -1.83. The highest BCUT2D eigenvalue weighted by Gasteiger charge is 2.28. The van der Waals surface area contributed by atoms with Gasteiger partial charge in [0.1, 0.15) is 0 Å². The van der Waals surface area contributed by atoms with Gasteiger partial charge in [0.05, 0.1) is 11.5 Å². The van der Waals surface area contributed by atoms with Gasteiger partial charge in [-0.2, -0.15) is 0 Å². The second-order valence-corrected chi connectivity index (χ2v) is 6.78. The van der Waals surface area contributed by atoms with Crippen LogP contribution < -0.4 is 0 Å². The number of rotatable bonds is 0. The first kappa shape index (κ1) is 12.7. The summed E-state index contributed by atoms with van der Waals surface area (Å²) in [7, 11) is 0. The minimum Gasteiger partial charge on any atom is -0.391 e. The normalized spacial score (nSPS) is 21.7. The van der Waals surface area contributed by atoms with E-state index in [9.17, 15) is 5.11 Å². The molecule has 4 aromatic carbocycles. The lowest BCUT2D eigenvalue weighted by Gasteiger charge is -2.28. The molecule has 5 rings (SSSR count). The number of fused-ring (bicyclic) bond motifs is 2. The Bertz CT molecular complexity index is 1000. The van der Waals surface area contributed by atoms with Gasteiger partial charge in [-0.1, -0.05) is 42.5 Å². The molecule has 0 aliphatic heterocycles. The summed E-state index contributed by atoms with van der Waals surface area (Å²) in [5, 5.41) is 17.6. The molecular weight excluding hydrogens is 292 g/mol. The average Bonchev–Trinajstić information content (AvgIpc) is 2.56. The summed E-state index contributed by atoms with van der Waals surface area (Å²) in [5.74, 6) is 0. The lowest BCUT2D eigenvalue weighted by atomic mass is 9.82. The van der Waals surface area contributed by atoms with E-state index in [4.69, 9.17) is 11.6 Å². The second kappa shape index (κ2) is 4.34. The van der Waals surface area contributed by atoms with Gasteiger partial charge in [-0.25, -0.2) is 0 Å². The van der Waals surface area contributed by atoms with Gasteiger partial charge in [-0.3, -0.25) is 0 Å². The topological polar surface area (TPSA) is 20.2 Å². The summed E-state index contributed by atoms with van der Waals surface area (Å²) < 4.78 is 0. The largest absolute Gasteiger partial charge is 0.391 e. The molecule has 108 valence electrons. The number of aliphatic hydroxyl groups is 1. The zero-order chi connectivity index (χ0) is 14.8. The van der Waals surface area contributed by atoms with Gasteiger partial charge >= 0.3 is 0 Å². The van der Waals surface area contributed by atoms with Gasteiger partial charge in [0.15, 0.2) is 0 Å². The summed E-state index contributed by atoms with van der Waals surface area (Å²) in [6.45, 7) is 0. The Labute approximate surface area is 133 Å². The predicted molar refractivity (Wildman–Crippen MR) is 93.1 cm³/mol. The number of halogens is 1. The van der Waals surface area contributed by atoms with Crippen molar-refractivity contribution < 1.29 is 5.11 Å². The summed E-state index contributed by atoms with van der Waals surface area (Å²) in [6, 6.07) is 17.4. The number of aryl methyl sites for hydroxylation is 1. The standard InChI is InChI=1S/C20H15ClO/c21-20-16-10-13-5-4-11-2-1-3-12-6-7-15(19(13)18(11)12)14(16)8-9-17(20)22/h1-7,10,17,20,22H,8-9H2/t17-,20-/m1/s1. The molecule has 0 fully saturated rings. The number of alkyl halides is 1. The van der Waals surface area contributed by atoms with E-state index in [2.05, 4.69) is 48.5 Å². The molecular formula is C20H15ClO.